The number of piperazine rings is 1. The average Bonchev–Trinajstić information content (AvgIpc) is 2.80. The Hall–Kier alpha value is -3.32. The Kier molecular flexibility index (Phi) is 6.75. The highest BCUT2D eigenvalue weighted by molar-refractivity contribution is 5.95. The Bertz CT molecular complexity index is 997. The lowest BCUT2D eigenvalue weighted by Gasteiger charge is -2.38. The maximum Gasteiger partial charge on any atom is 0.338 e. The number of carbonyl (C=O) groups is 2. The van der Waals surface area contributed by atoms with Crippen molar-refractivity contribution in [2.24, 2.45) is 0 Å². The van der Waals surface area contributed by atoms with E-state index in [1.807, 2.05) is 30.3 Å². The summed E-state index contributed by atoms with van der Waals surface area (Å²) in [5.74, 6) is -0.401. The summed E-state index contributed by atoms with van der Waals surface area (Å²) in [4.78, 5) is 30.0. The van der Waals surface area contributed by atoms with Gasteiger partial charge in [0.15, 0.2) is 0 Å². The summed E-state index contributed by atoms with van der Waals surface area (Å²) in [6.45, 7) is 8.12. The van der Waals surface area contributed by atoms with E-state index in [0.29, 0.717) is 17.8 Å². The molecule has 0 bridgehead atoms. The quantitative estimate of drug-likeness (QED) is 0.684. The van der Waals surface area contributed by atoms with Crippen LogP contribution in [0, 0.1) is 6.92 Å². The molecule has 168 valence electrons. The lowest BCUT2D eigenvalue weighted by molar-refractivity contribution is -0.139. The first-order valence-corrected chi connectivity index (χ1v) is 11.1. The summed E-state index contributed by atoms with van der Waals surface area (Å²) in [5.41, 5.74) is 4.42. The Morgan fingerprint density at radius 1 is 1.06 bits per heavy atom. The topological polar surface area (TPSA) is 73.9 Å². The molecule has 2 aliphatic heterocycles. The van der Waals surface area contributed by atoms with Crippen LogP contribution < -0.4 is 15.5 Å². The van der Waals surface area contributed by atoms with Crippen molar-refractivity contribution in [1.29, 1.82) is 0 Å². The number of anilines is 1. The van der Waals surface area contributed by atoms with Crippen LogP contribution in [0.5, 0.6) is 0 Å². The molecule has 4 rings (SSSR count). The average molecular weight is 435 g/mol. The highest BCUT2D eigenvalue weighted by Crippen LogP contribution is 2.28. The zero-order chi connectivity index (χ0) is 22.5. The monoisotopic (exact) mass is 434 g/mol. The van der Waals surface area contributed by atoms with Crippen molar-refractivity contribution in [2.45, 2.75) is 19.9 Å². The van der Waals surface area contributed by atoms with Crippen molar-refractivity contribution in [3.63, 3.8) is 0 Å². The van der Waals surface area contributed by atoms with E-state index >= 15 is 0 Å². The molecule has 32 heavy (non-hydrogen) atoms. The molecule has 2 N–H and O–H groups in total. The number of amides is 2. The van der Waals surface area contributed by atoms with Crippen LogP contribution in [-0.2, 0) is 9.53 Å². The van der Waals surface area contributed by atoms with Crippen LogP contribution in [0.2, 0.25) is 0 Å². The molecule has 0 saturated carbocycles. The highest BCUT2D eigenvalue weighted by Gasteiger charge is 2.34. The largest absolute Gasteiger partial charge is 0.463 e. The third-order valence-corrected chi connectivity index (χ3v) is 5.90. The van der Waals surface area contributed by atoms with Gasteiger partial charge in [0.05, 0.1) is 18.2 Å². The number of hydrogen-bond acceptors (Lipinski definition) is 5. The smallest absolute Gasteiger partial charge is 0.338 e. The number of benzene rings is 2. The van der Waals surface area contributed by atoms with Gasteiger partial charge in [-0.25, -0.2) is 9.59 Å². The second kappa shape index (κ2) is 9.87. The number of nitrogens with zero attached hydrogens (tertiary/aromatic N) is 2. The van der Waals surface area contributed by atoms with E-state index in [9.17, 15) is 9.59 Å². The van der Waals surface area contributed by atoms with Crippen LogP contribution in [0.25, 0.3) is 0 Å². The second-order valence-corrected chi connectivity index (χ2v) is 8.16. The third-order valence-electron chi connectivity index (χ3n) is 5.90. The Balaban J connectivity index is 1.54. The Labute approximate surface area is 189 Å². The summed E-state index contributed by atoms with van der Waals surface area (Å²) < 4.78 is 5.36. The first-order chi connectivity index (χ1) is 15.5. The van der Waals surface area contributed by atoms with Gasteiger partial charge in [-0.15, -0.1) is 0 Å². The van der Waals surface area contributed by atoms with Crippen LogP contribution in [-0.4, -0.2) is 56.2 Å². The van der Waals surface area contributed by atoms with Crippen molar-refractivity contribution < 1.29 is 14.3 Å². The number of esters is 1. The molecule has 2 aromatic rings. The van der Waals surface area contributed by atoms with Gasteiger partial charge >= 0.3 is 12.0 Å². The van der Waals surface area contributed by atoms with Crippen LogP contribution >= 0.6 is 0 Å². The van der Waals surface area contributed by atoms with Crippen molar-refractivity contribution in [3.05, 3.63) is 77.0 Å². The fraction of sp³-hybridized carbons (Fsp3) is 0.360. The van der Waals surface area contributed by atoms with E-state index in [1.54, 1.807) is 6.92 Å². The van der Waals surface area contributed by atoms with Crippen LogP contribution in [0.1, 0.15) is 24.1 Å². The number of nitrogens with one attached hydrogen (secondary N) is 2. The van der Waals surface area contributed by atoms with Crippen molar-refractivity contribution >= 4 is 17.7 Å². The SMILES string of the molecule is CCOC(=O)C1=C(CN2CCN(c3cccc(C)c3)CC2)NC(=O)N[C@H]1c1ccccc1. The zero-order valence-electron chi connectivity index (χ0n) is 18.6. The summed E-state index contributed by atoms with van der Waals surface area (Å²) in [6, 6.07) is 17.2. The fourth-order valence-electron chi connectivity index (χ4n) is 4.30. The number of aryl methyl sites for hydroxylation is 1. The number of carbonyl (C=O) groups excluding carboxylic acids is 2. The molecular formula is C25H30N4O3. The van der Waals surface area contributed by atoms with Crippen LogP contribution in [0.3, 0.4) is 0 Å². The van der Waals surface area contributed by atoms with Gasteiger partial charge in [0, 0.05) is 44.1 Å². The van der Waals surface area contributed by atoms with Gasteiger partial charge in [-0.1, -0.05) is 42.5 Å². The molecule has 1 saturated heterocycles. The first-order valence-electron chi connectivity index (χ1n) is 11.1. The van der Waals surface area contributed by atoms with Crippen LogP contribution in [0.4, 0.5) is 10.5 Å². The number of hydrogen-bond donors (Lipinski definition) is 2. The molecule has 0 spiro atoms. The minimum Gasteiger partial charge on any atom is -0.463 e. The number of ether oxygens (including phenoxy) is 1. The lowest BCUT2D eigenvalue weighted by Crippen LogP contribution is -2.51. The van der Waals surface area contributed by atoms with E-state index in [4.69, 9.17) is 4.74 Å². The molecular weight excluding hydrogens is 404 g/mol. The standard InChI is InChI=1S/C25H30N4O3/c1-3-32-24(30)22-21(26-25(31)27-23(22)19-9-5-4-6-10-19)17-28-12-14-29(15-13-28)20-11-7-8-18(2)16-20/h4-11,16,23H,3,12-15,17H2,1-2H3,(H2,26,27,31)/t23-/m0/s1. The lowest BCUT2D eigenvalue weighted by atomic mass is 9.95. The number of rotatable bonds is 6. The molecule has 2 aromatic carbocycles. The predicted octanol–water partition coefficient (Wildman–Crippen LogP) is 2.99. The highest BCUT2D eigenvalue weighted by atomic mass is 16.5. The molecule has 0 aromatic heterocycles. The molecule has 0 unspecified atom stereocenters. The molecule has 0 aliphatic carbocycles. The zero-order valence-corrected chi connectivity index (χ0v) is 18.6. The van der Waals surface area contributed by atoms with Gasteiger partial charge in [-0.3, -0.25) is 4.90 Å². The summed E-state index contributed by atoms with van der Waals surface area (Å²) in [5, 5.41) is 5.76. The van der Waals surface area contributed by atoms with Crippen LogP contribution in [0.15, 0.2) is 65.9 Å². The van der Waals surface area contributed by atoms with Gasteiger partial charge in [0.1, 0.15) is 0 Å². The van der Waals surface area contributed by atoms with E-state index in [-0.39, 0.29) is 12.6 Å². The molecule has 7 nitrogen and oxygen atoms in total. The van der Waals surface area contributed by atoms with Gasteiger partial charge in [0.2, 0.25) is 0 Å². The summed E-state index contributed by atoms with van der Waals surface area (Å²) in [7, 11) is 0. The molecule has 1 atom stereocenters. The third kappa shape index (κ3) is 4.94. The predicted molar refractivity (Wildman–Crippen MR) is 124 cm³/mol. The molecule has 2 aliphatic rings. The molecule has 2 amide bonds. The van der Waals surface area contributed by atoms with Gasteiger partial charge in [-0.2, -0.15) is 0 Å². The normalized spacial score (nSPS) is 19.4. The molecule has 1 fully saturated rings. The maximum absolute atomic E-state index is 12.9. The summed E-state index contributed by atoms with van der Waals surface area (Å²) >= 11 is 0. The van der Waals surface area contributed by atoms with Gasteiger partial charge in [-0.05, 0) is 37.1 Å². The Morgan fingerprint density at radius 2 is 1.81 bits per heavy atom. The maximum atomic E-state index is 12.9. The van der Waals surface area contributed by atoms with E-state index < -0.39 is 12.0 Å². The van der Waals surface area contributed by atoms with E-state index in [2.05, 4.69) is 51.6 Å². The minimum atomic E-state index is -0.535. The van der Waals surface area contributed by atoms with Crippen molar-refractivity contribution in [2.75, 3.05) is 44.2 Å². The van der Waals surface area contributed by atoms with Crippen molar-refractivity contribution in [3.8, 4) is 0 Å². The first kappa shape index (κ1) is 21.9. The van der Waals surface area contributed by atoms with Crippen molar-refractivity contribution in [1.82, 2.24) is 15.5 Å². The van der Waals surface area contributed by atoms with Gasteiger partial charge < -0.3 is 20.3 Å². The molecule has 0 radical (unpaired) electrons. The second-order valence-electron chi connectivity index (χ2n) is 8.16. The fourth-order valence-corrected chi connectivity index (χ4v) is 4.30. The van der Waals surface area contributed by atoms with E-state index in [1.165, 1.54) is 11.3 Å². The molecule has 2 heterocycles. The van der Waals surface area contributed by atoms with E-state index in [0.717, 1.165) is 31.7 Å². The molecule has 7 heteroatoms. The summed E-state index contributed by atoms with van der Waals surface area (Å²) in [6.07, 6.45) is 0. The minimum absolute atomic E-state index is 0.278. The number of urea groups is 1. The van der Waals surface area contributed by atoms with Gasteiger partial charge in [0.25, 0.3) is 0 Å². The Morgan fingerprint density at radius 3 is 2.50 bits per heavy atom.